The van der Waals surface area contributed by atoms with E-state index in [1.807, 2.05) is 0 Å². The molecule has 0 aromatic carbocycles. The lowest BCUT2D eigenvalue weighted by molar-refractivity contribution is 0.0368. The average molecular weight is 280 g/mol. The third kappa shape index (κ3) is 4.14. The van der Waals surface area contributed by atoms with Crippen molar-refractivity contribution in [3.8, 4) is 0 Å². The molecule has 0 radical (unpaired) electrons. The van der Waals surface area contributed by atoms with E-state index in [2.05, 4.69) is 31.8 Å². The number of ether oxygens (including phenoxy) is 2. The molecule has 1 aromatic rings. The van der Waals surface area contributed by atoms with Gasteiger partial charge in [-0.25, -0.2) is 9.78 Å². The van der Waals surface area contributed by atoms with Crippen molar-refractivity contribution in [2.24, 2.45) is 0 Å². The van der Waals surface area contributed by atoms with Gasteiger partial charge < -0.3 is 14.8 Å². The van der Waals surface area contributed by atoms with Crippen LogP contribution < -0.4 is 5.32 Å². The maximum Gasteiger partial charge on any atom is 0.358 e. The summed E-state index contributed by atoms with van der Waals surface area (Å²) in [4.78, 5) is 21.9. The van der Waals surface area contributed by atoms with Gasteiger partial charge in [-0.2, -0.15) is 0 Å². The highest BCUT2D eigenvalue weighted by molar-refractivity contribution is 5.87. The molecule has 1 unspecified atom stereocenters. The second-order valence-electron chi connectivity index (χ2n) is 4.74. The van der Waals surface area contributed by atoms with Crippen LogP contribution in [0.3, 0.4) is 0 Å². The van der Waals surface area contributed by atoms with Crippen LogP contribution in [-0.2, 0) is 9.47 Å². The van der Waals surface area contributed by atoms with E-state index < -0.39 is 5.97 Å². The SMILES string of the molecule is COC(=O)c1cncc(NC(C)CN2CCOCC2)n1. The van der Waals surface area contributed by atoms with Crippen LogP contribution in [0.4, 0.5) is 5.82 Å². The molecule has 0 bridgehead atoms. The first kappa shape index (κ1) is 14.7. The van der Waals surface area contributed by atoms with Crippen LogP contribution in [0.15, 0.2) is 12.4 Å². The van der Waals surface area contributed by atoms with Crippen LogP contribution in [0.5, 0.6) is 0 Å². The molecule has 2 rings (SSSR count). The van der Waals surface area contributed by atoms with E-state index in [0.29, 0.717) is 5.82 Å². The van der Waals surface area contributed by atoms with Gasteiger partial charge in [0.05, 0.1) is 32.7 Å². The smallest absolute Gasteiger partial charge is 0.358 e. The fourth-order valence-electron chi connectivity index (χ4n) is 2.11. The summed E-state index contributed by atoms with van der Waals surface area (Å²) in [5.41, 5.74) is 0.205. The van der Waals surface area contributed by atoms with Gasteiger partial charge in [0.25, 0.3) is 0 Å². The maximum atomic E-state index is 11.4. The molecule has 1 aliphatic heterocycles. The predicted octanol–water partition coefficient (Wildman–Crippen LogP) is 0.396. The number of morpholine rings is 1. The van der Waals surface area contributed by atoms with Crippen molar-refractivity contribution in [3.63, 3.8) is 0 Å². The third-order valence-corrected chi connectivity index (χ3v) is 3.06. The molecule has 0 amide bonds. The van der Waals surface area contributed by atoms with E-state index in [4.69, 9.17) is 4.74 Å². The Labute approximate surface area is 118 Å². The van der Waals surface area contributed by atoms with Crippen LogP contribution in [0, 0.1) is 0 Å². The molecule has 1 N–H and O–H groups in total. The first-order valence-corrected chi connectivity index (χ1v) is 6.66. The monoisotopic (exact) mass is 280 g/mol. The molecular weight excluding hydrogens is 260 g/mol. The summed E-state index contributed by atoms with van der Waals surface area (Å²) in [6.07, 6.45) is 2.99. The zero-order valence-electron chi connectivity index (χ0n) is 11.8. The van der Waals surface area contributed by atoms with Gasteiger partial charge in [-0.15, -0.1) is 0 Å². The summed E-state index contributed by atoms with van der Waals surface area (Å²) in [5.74, 6) is 0.0932. The number of esters is 1. The highest BCUT2D eigenvalue weighted by Gasteiger charge is 2.15. The number of rotatable bonds is 5. The number of hydrogen-bond donors (Lipinski definition) is 1. The second kappa shape index (κ2) is 7.16. The van der Waals surface area contributed by atoms with Crippen molar-refractivity contribution in [2.45, 2.75) is 13.0 Å². The summed E-state index contributed by atoms with van der Waals surface area (Å²) in [7, 11) is 1.32. The number of carbonyl (C=O) groups is 1. The van der Waals surface area contributed by atoms with Crippen molar-refractivity contribution in [1.29, 1.82) is 0 Å². The van der Waals surface area contributed by atoms with Gasteiger partial charge in [0, 0.05) is 25.7 Å². The summed E-state index contributed by atoms with van der Waals surface area (Å²) < 4.78 is 9.94. The normalized spacial score (nSPS) is 17.5. The molecule has 1 atom stereocenters. The number of carbonyl (C=O) groups excluding carboxylic acids is 1. The Morgan fingerprint density at radius 3 is 2.95 bits per heavy atom. The van der Waals surface area contributed by atoms with Crippen LogP contribution in [0.1, 0.15) is 17.4 Å². The van der Waals surface area contributed by atoms with Crippen LogP contribution in [0.25, 0.3) is 0 Å². The van der Waals surface area contributed by atoms with E-state index in [1.165, 1.54) is 13.3 Å². The number of nitrogens with one attached hydrogen (secondary N) is 1. The van der Waals surface area contributed by atoms with Crippen molar-refractivity contribution in [3.05, 3.63) is 18.1 Å². The molecule has 1 aromatic heterocycles. The highest BCUT2D eigenvalue weighted by Crippen LogP contribution is 2.07. The lowest BCUT2D eigenvalue weighted by atomic mass is 10.3. The number of anilines is 1. The average Bonchev–Trinajstić information content (AvgIpc) is 2.47. The van der Waals surface area contributed by atoms with Crippen molar-refractivity contribution in [2.75, 3.05) is 45.3 Å². The highest BCUT2D eigenvalue weighted by atomic mass is 16.5. The fraction of sp³-hybridized carbons (Fsp3) is 0.615. The third-order valence-electron chi connectivity index (χ3n) is 3.06. The topological polar surface area (TPSA) is 76.6 Å². The molecule has 0 spiro atoms. The van der Waals surface area contributed by atoms with Gasteiger partial charge in [0.2, 0.25) is 0 Å². The maximum absolute atomic E-state index is 11.4. The van der Waals surface area contributed by atoms with Crippen LogP contribution >= 0.6 is 0 Å². The first-order valence-electron chi connectivity index (χ1n) is 6.66. The standard InChI is InChI=1S/C13H20N4O3/c1-10(9-17-3-5-20-6-4-17)15-12-8-14-7-11(16-12)13(18)19-2/h7-8,10H,3-6,9H2,1-2H3,(H,15,16). The Morgan fingerprint density at radius 2 is 2.25 bits per heavy atom. The van der Waals surface area contributed by atoms with E-state index in [1.54, 1.807) is 6.20 Å². The molecule has 0 saturated carbocycles. The molecule has 7 heteroatoms. The first-order chi connectivity index (χ1) is 9.69. The van der Waals surface area contributed by atoms with Gasteiger partial charge >= 0.3 is 5.97 Å². The Morgan fingerprint density at radius 1 is 1.50 bits per heavy atom. The number of methoxy groups -OCH3 is 1. The van der Waals surface area contributed by atoms with Gasteiger partial charge in [0.1, 0.15) is 5.82 Å². The number of nitrogens with zero attached hydrogens (tertiary/aromatic N) is 3. The minimum atomic E-state index is -0.484. The van der Waals surface area contributed by atoms with E-state index in [-0.39, 0.29) is 11.7 Å². The zero-order valence-corrected chi connectivity index (χ0v) is 11.8. The Bertz CT molecular complexity index is 449. The molecule has 7 nitrogen and oxygen atoms in total. The minimum Gasteiger partial charge on any atom is -0.464 e. The summed E-state index contributed by atoms with van der Waals surface area (Å²) in [6, 6.07) is 0.204. The Balaban J connectivity index is 1.89. The molecule has 110 valence electrons. The van der Waals surface area contributed by atoms with Gasteiger partial charge in [0.15, 0.2) is 5.69 Å². The summed E-state index contributed by atoms with van der Waals surface area (Å²) in [5, 5.41) is 3.24. The number of hydrogen-bond acceptors (Lipinski definition) is 7. The largest absolute Gasteiger partial charge is 0.464 e. The minimum absolute atomic E-state index is 0.204. The number of aromatic nitrogens is 2. The van der Waals surface area contributed by atoms with E-state index in [0.717, 1.165) is 32.8 Å². The Kier molecular flexibility index (Phi) is 5.25. The zero-order chi connectivity index (χ0) is 14.4. The fourth-order valence-corrected chi connectivity index (χ4v) is 2.11. The van der Waals surface area contributed by atoms with Crippen molar-refractivity contribution in [1.82, 2.24) is 14.9 Å². The summed E-state index contributed by atoms with van der Waals surface area (Å²) in [6.45, 7) is 6.42. The predicted molar refractivity (Wildman–Crippen MR) is 73.7 cm³/mol. The molecule has 1 aliphatic rings. The second-order valence-corrected chi connectivity index (χ2v) is 4.74. The molecule has 2 heterocycles. The van der Waals surface area contributed by atoms with E-state index >= 15 is 0 Å². The molecule has 1 saturated heterocycles. The van der Waals surface area contributed by atoms with Gasteiger partial charge in [-0.3, -0.25) is 9.88 Å². The molecule has 1 fully saturated rings. The lowest BCUT2D eigenvalue weighted by Gasteiger charge is -2.29. The van der Waals surface area contributed by atoms with E-state index in [9.17, 15) is 4.79 Å². The van der Waals surface area contributed by atoms with Crippen LogP contribution in [0.2, 0.25) is 0 Å². The summed E-state index contributed by atoms with van der Waals surface area (Å²) >= 11 is 0. The van der Waals surface area contributed by atoms with Gasteiger partial charge in [-0.1, -0.05) is 0 Å². The molecule has 20 heavy (non-hydrogen) atoms. The molecular formula is C13H20N4O3. The quantitative estimate of drug-likeness (QED) is 0.782. The van der Waals surface area contributed by atoms with Crippen molar-refractivity contribution >= 4 is 11.8 Å². The van der Waals surface area contributed by atoms with Gasteiger partial charge in [-0.05, 0) is 6.92 Å². The Hall–Kier alpha value is -1.73. The van der Waals surface area contributed by atoms with Crippen LogP contribution in [-0.4, -0.2) is 66.8 Å². The van der Waals surface area contributed by atoms with Crippen molar-refractivity contribution < 1.29 is 14.3 Å². The lowest BCUT2D eigenvalue weighted by Crippen LogP contribution is -2.42. The molecule has 0 aliphatic carbocycles.